The van der Waals surface area contributed by atoms with Gasteiger partial charge in [-0.15, -0.1) is 11.8 Å². The van der Waals surface area contributed by atoms with E-state index in [-0.39, 0.29) is 0 Å². The molecule has 0 nitrogen and oxygen atoms in total. The van der Waals surface area contributed by atoms with Crippen LogP contribution >= 0.6 is 0 Å². The molecule has 0 rings (SSSR count). The normalized spacial score (nSPS) is 12.2. The molecule has 0 aliphatic heterocycles. The summed E-state index contributed by atoms with van der Waals surface area (Å²) < 4.78 is 0. The lowest BCUT2D eigenvalue weighted by Crippen LogP contribution is -2.08. The Morgan fingerprint density at radius 3 is 1.24 bits per heavy atom. The Labute approximate surface area is 186 Å². The van der Waals surface area contributed by atoms with Crippen LogP contribution in [0, 0.1) is 23.7 Å². The third kappa shape index (κ3) is 22.1. The van der Waals surface area contributed by atoms with Crippen LogP contribution in [-0.4, -0.2) is 0 Å². The van der Waals surface area contributed by atoms with Crippen molar-refractivity contribution in [3.05, 3.63) is 0 Å². The molecule has 0 N–H and O–H groups in total. The van der Waals surface area contributed by atoms with Gasteiger partial charge in [-0.2, -0.15) is 0 Å². The summed E-state index contributed by atoms with van der Waals surface area (Å²) in [4.78, 5) is 0. The standard InChI is InChI=1S/C29H56/c1-5-7-9-10-11-12-13-14-15-16-17-18-19-20-21-22-23-25-27-29(28(3)4)26-24-8-6-2/h28-29H,5-10,13-27H2,1-4H3. The van der Waals surface area contributed by atoms with Gasteiger partial charge in [-0.3, -0.25) is 0 Å². The molecule has 0 aliphatic carbocycles. The van der Waals surface area contributed by atoms with Crippen LogP contribution in [0.2, 0.25) is 0 Å². The number of hydrogen-bond acceptors (Lipinski definition) is 0. The van der Waals surface area contributed by atoms with Crippen molar-refractivity contribution in [2.24, 2.45) is 11.8 Å². The van der Waals surface area contributed by atoms with Crippen LogP contribution in [0.25, 0.3) is 0 Å². The lowest BCUT2D eigenvalue weighted by Gasteiger charge is -2.20. The van der Waals surface area contributed by atoms with E-state index >= 15 is 0 Å². The molecule has 0 aromatic carbocycles. The fraction of sp³-hybridized carbons (Fsp3) is 0.931. The Bertz CT molecular complexity index is 356. The fourth-order valence-corrected chi connectivity index (χ4v) is 4.32. The van der Waals surface area contributed by atoms with Crippen molar-refractivity contribution >= 4 is 0 Å². The summed E-state index contributed by atoms with van der Waals surface area (Å²) in [7, 11) is 0. The molecule has 1 unspecified atom stereocenters. The van der Waals surface area contributed by atoms with Crippen LogP contribution in [0.15, 0.2) is 0 Å². The van der Waals surface area contributed by atoms with Crippen molar-refractivity contribution < 1.29 is 0 Å². The number of unbranched alkanes of at least 4 members (excludes halogenated alkanes) is 16. The third-order valence-corrected chi connectivity index (χ3v) is 6.53. The minimum absolute atomic E-state index is 0.879. The Balaban J connectivity index is 3.30. The second-order valence-electron chi connectivity index (χ2n) is 9.74. The molecular formula is C29H56. The van der Waals surface area contributed by atoms with Crippen molar-refractivity contribution in [2.75, 3.05) is 0 Å². The first-order chi connectivity index (χ1) is 14.2. The summed E-state index contributed by atoms with van der Waals surface area (Å²) in [6.45, 7) is 9.43. The first-order valence-electron chi connectivity index (χ1n) is 13.7. The van der Waals surface area contributed by atoms with Crippen molar-refractivity contribution in [2.45, 2.75) is 163 Å². The Morgan fingerprint density at radius 1 is 0.448 bits per heavy atom. The van der Waals surface area contributed by atoms with E-state index in [1.165, 1.54) is 122 Å². The molecule has 0 saturated heterocycles. The number of rotatable bonds is 21. The fourth-order valence-electron chi connectivity index (χ4n) is 4.32. The molecule has 0 heterocycles. The second-order valence-corrected chi connectivity index (χ2v) is 9.74. The van der Waals surface area contributed by atoms with Crippen molar-refractivity contribution in [3.8, 4) is 11.8 Å². The van der Waals surface area contributed by atoms with Gasteiger partial charge in [0.15, 0.2) is 0 Å². The summed E-state index contributed by atoms with van der Waals surface area (Å²) in [6.07, 6.45) is 29.2. The molecule has 172 valence electrons. The highest BCUT2D eigenvalue weighted by atomic mass is 14.2. The van der Waals surface area contributed by atoms with Crippen LogP contribution in [0.1, 0.15) is 163 Å². The van der Waals surface area contributed by atoms with Crippen LogP contribution in [0.5, 0.6) is 0 Å². The molecule has 0 bridgehead atoms. The van der Waals surface area contributed by atoms with Gasteiger partial charge in [0, 0.05) is 12.8 Å². The summed E-state index contributed by atoms with van der Waals surface area (Å²) in [5.41, 5.74) is 0. The maximum absolute atomic E-state index is 3.36. The Morgan fingerprint density at radius 2 is 0.793 bits per heavy atom. The third-order valence-electron chi connectivity index (χ3n) is 6.53. The van der Waals surface area contributed by atoms with Crippen LogP contribution < -0.4 is 0 Å². The lowest BCUT2D eigenvalue weighted by molar-refractivity contribution is 0.314. The van der Waals surface area contributed by atoms with E-state index < -0.39 is 0 Å². The highest BCUT2D eigenvalue weighted by Crippen LogP contribution is 2.25. The molecule has 0 heteroatoms. The van der Waals surface area contributed by atoms with E-state index in [4.69, 9.17) is 0 Å². The Hall–Kier alpha value is -0.440. The van der Waals surface area contributed by atoms with E-state index in [0.29, 0.717) is 0 Å². The van der Waals surface area contributed by atoms with Gasteiger partial charge in [0.05, 0.1) is 0 Å². The lowest BCUT2D eigenvalue weighted by atomic mass is 9.86. The minimum atomic E-state index is 0.879. The average Bonchev–Trinajstić information content (AvgIpc) is 2.71. The van der Waals surface area contributed by atoms with Crippen molar-refractivity contribution in [1.29, 1.82) is 0 Å². The topological polar surface area (TPSA) is 0 Å². The maximum Gasteiger partial charge on any atom is 0.00886 e. The molecule has 0 aromatic heterocycles. The first-order valence-corrected chi connectivity index (χ1v) is 13.7. The summed E-state index contributed by atoms with van der Waals surface area (Å²) in [6, 6.07) is 0. The monoisotopic (exact) mass is 404 g/mol. The molecule has 29 heavy (non-hydrogen) atoms. The smallest absolute Gasteiger partial charge is 0.00886 e. The average molecular weight is 405 g/mol. The summed E-state index contributed by atoms with van der Waals surface area (Å²) >= 11 is 0. The van der Waals surface area contributed by atoms with Crippen LogP contribution in [0.3, 0.4) is 0 Å². The van der Waals surface area contributed by atoms with Crippen molar-refractivity contribution in [1.82, 2.24) is 0 Å². The molecule has 0 radical (unpaired) electrons. The van der Waals surface area contributed by atoms with E-state index in [2.05, 4.69) is 39.5 Å². The highest BCUT2D eigenvalue weighted by Gasteiger charge is 2.12. The summed E-state index contributed by atoms with van der Waals surface area (Å²) in [5, 5.41) is 0. The van der Waals surface area contributed by atoms with Gasteiger partial charge in [0.2, 0.25) is 0 Å². The highest BCUT2D eigenvalue weighted by molar-refractivity contribution is 4.98. The van der Waals surface area contributed by atoms with Gasteiger partial charge >= 0.3 is 0 Å². The zero-order valence-electron chi connectivity index (χ0n) is 21.0. The molecule has 0 aromatic rings. The zero-order chi connectivity index (χ0) is 21.4. The van der Waals surface area contributed by atoms with Gasteiger partial charge in [-0.05, 0) is 24.7 Å². The molecule has 0 saturated carbocycles. The predicted molar refractivity (Wildman–Crippen MR) is 134 cm³/mol. The van der Waals surface area contributed by atoms with E-state index in [0.717, 1.165) is 24.7 Å². The summed E-state index contributed by atoms with van der Waals surface area (Å²) in [5.74, 6) is 8.55. The quantitative estimate of drug-likeness (QED) is 0.132. The van der Waals surface area contributed by atoms with Crippen LogP contribution in [-0.2, 0) is 0 Å². The largest absolute Gasteiger partial charge is 0.103 e. The van der Waals surface area contributed by atoms with Gasteiger partial charge in [0.25, 0.3) is 0 Å². The SMILES string of the molecule is CCCCCC#CCCCCCCCCCCCCCC(CCCCC)C(C)C. The van der Waals surface area contributed by atoms with Crippen molar-refractivity contribution in [3.63, 3.8) is 0 Å². The first kappa shape index (κ1) is 28.6. The maximum atomic E-state index is 3.36. The molecule has 0 spiro atoms. The molecule has 0 amide bonds. The number of hydrogen-bond donors (Lipinski definition) is 0. The van der Waals surface area contributed by atoms with Crippen LogP contribution in [0.4, 0.5) is 0 Å². The molecule has 1 atom stereocenters. The molecule has 0 aliphatic rings. The Kier molecular flexibility index (Phi) is 23.5. The predicted octanol–water partition coefficient (Wildman–Crippen LogP) is 10.5. The van der Waals surface area contributed by atoms with Gasteiger partial charge in [-0.25, -0.2) is 0 Å². The molecular weight excluding hydrogens is 348 g/mol. The van der Waals surface area contributed by atoms with E-state index in [9.17, 15) is 0 Å². The second kappa shape index (κ2) is 23.8. The van der Waals surface area contributed by atoms with E-state index in [1.54, 1.807) is 0 Å². The molecule has 0 fully saturated rings. The van der Waals surface area contributed by atoms with Gasteiger partial charge in [0.1, 0.15) is 0 Å². The van der Waals surface area contributed by atoms with E-state index in [1.807, 2.05) is 0 Å². The van der Waals surface area contributed by atoms with Gasteiger partial charge in [-0.1, -0.05) is 137 Å². The zero-order valence-corrected chi connectivity index (χ0v) is 21.0. The minimum Gasteiger partial charge on any atom is -0.103 e. The van der Waals surface area contributed by atoms with Gasteiger partial charge < -0.3 is 0 Å².